The van der Waals surface area contributed by atoms with Gasteiger partial charge in [-0.1, -0.05) is 24.3 Å². The summed E-state index contributed by atoms with van der Waals surface area (Å²) in [7, 11) is -2.60. The molecule has 4 rings (SSSR count). The number of esters is 1. The third-order valence-electron chi connectivity index (χ3n) is 4.71. The number of methoxy groups -OCH3 is 1. The number of nitrogens with one attached hydrogen (secondary N) is 1. The SMILES string of the molecule is COC(=O)c1ccc(S(=O)(=O)Nc2ccccc2-c2cn3cccc(C)c3n2)cc1. The van der Waals surface area contributed by atoms with Crippen molar-refractivity contribution >= 4 is 27.3 Å². The van der Waals surface area contributed by atoms with Gasteiger partial charge in [0.25, 0.3) is 10.0 Å². The van der Waals surface area contributed by atoms with E-state index in [2.05, 4.69) is 14.4 Å². The van der Waals surface area contributed by atoms with E-state index < -0.39 is 16.0 Å². The van der Waals surface area contributed by atoms with Crippen LogP contribution in [0.5, 0.6) is 0 Å². The smallest absolute Gasteiger partial charge is 0.337 e. The lowest BCUT2D eigenvalue weighted by Gasteiger charge is -2.11. The molecule has 1 N–H and O–H groups in total. The van der Waals surface area contributed by atoms with Crippen LogP contribution in [-0.4, -0.2) is 30.9 Å². The highest BCUT2D eigenvalue weighted by atomic mass is 32.2. The van der Waals surface area contributed by atoms with Gasteiger partial charge in [-0.3, -0.25) is 4.72 Å². The van der Waals surface area contributed by atoms with Crippen LogP contribution in [0, 0.1) is 6.92 Å². The summed E-state index contributed by atoms with van der Waals surface area (Å²) in [5.74, 6) is -0.528. The maximum absolute atomic E-state index is 12.9. The van der Waals surface area contributed by atoms with Gasteiger partial charge in [0.15, 0.2) is 0 Å². The zero-order valence-corrected chi connectivity index (χ0v) is 17.2. The van der Waals surface area contributed by atoms with E-state index in [4.69, 9.17) is 0 Å². The molecule has 2 aromatic carbocycles. The number of carbonyl (C=O) groups is 1. The number of hydrogen-bond acceptors (Lipinski definition) is 5. The second-order valence-corrected chi connectivity index (χ2v) is 8.40. The van der Waals surface area contributed by atoms with Gasteiger partial charge in [0, 0.05) is 18.0 Å². The van der Waals surface area contributed by atoms with Crippen LogP contribution in [0.15, 0.2) is 78.0 Å². The Morgan fingerprint density at radius 3 is 2.47 bits per heavy atom. The third-order valence-corrected chi connectivity index (χ3v) is 6.09. The number of anilines is 1. The number of hydrogen-bond donors (Lipinski definition) is 1. The van der Waals surface area contributed by atoms with E-state index in [1.165, 1.54) is 31.4 Å². The molecule has 4 aromatic rings. The lowest BCUT2D eigenvalue weighted by molar-refractivity contribution is 0.0600. The number of ether oxygens (including phenoxy) is 1. The fourth-order valence-corrected chi connectivity index (χ4v) is 4.25. The molecular weight excluding hydrogens is 402 g/mol. The van der Waals surface area contributed by atoms with Crippen LogP contribution in [0.25, 0.3) is 16.9 Å². The fourth-order valence-electron chi connectivity index (χ4n) is 3.17. The minimum absolute atomic E-state index is 0.0378. The number of para-hydroxylation sites is 1. The molecule has 2 heterocycles. The molecule has 8 heteroatoms. The van der Waals surface area contributed by atoms with Gasteiger partial charge in [0.05, 0.1) is 29.0 Å². The van der Waals surface area contributed by atoms with Crippen LogP contribution in [0.2, 0.25) is 0 Å². The van der Waals surface area contributed by atoms with Crippen molar-refractivity contribution in [2.24, 2.45) is 0 Å². The van der Waals surface area contributed by atoms with Gasteiger partial charge in [-0.05, 0) is 48.9 Å². The Morgan fingerprint density at radius 2 is 1.77 bits per heavy atom. The van der Waals surface area contributed by atoms with Gasteiger partial charge in [0.1, 0.15) is 5.65 Å². The highest BCUT2D eigenvalue weighted by Gasteiger charge is 2.18. The first kappa shape index (κ1) is 19.7. The molecule has 0 bridgehead atoms. The van der Waals surface area contributed by atoms with Gasteiger partial charge in [-0.15, -0.1) is 0 Å². The molecule has 2 aromatic heterocycles. The van der Waals surface area contributed by atoms with Gasteiger partial charge in [0.2, 0.25) is 0 Å². The third kappa shape index (κ3) is 3.65. The minimum Gasteiger partial charge on any atom is -0.465 e. The normalized spacial score (nSPS) is 11.4. The van der Waals surface area contributed by atoms with Gasteiger partial charge in [-0.2, -0.15) is 0 Å². The fraction of sp³-hybridized carbons (Fsp3) is 0.0909. The van der Waals surface area contributed by atoms with Crippen molar-refractivity contribution < 1.29 is 17.9 Å². The molecule has 0 aliphatic heterocycles. The summed E-state index contributed by atoms with van der Waals surface area (Å²) in [6.45, 7) is 1.97. The lowest BCUT2D eigenvalue weighted by atomic mass is 10.1. The standard InChI is InChI=1S/C22H19N3O4S/c1-15-6-5-13-25-14-20(23-21(15)25)18-7-3-4-8-19(18)24-30(27,28)17-11-9-16(10-12-17)22(26)29-2/h3-14,24H,1-2H3. The molecule has 30 heavy (non-hydrogen) atoms. The van der Waals surface area contributed by atoms with E-state index in [0.717, 1.165) is 11.2 Å². The zero-order chi connectivity index (χ0) is 21.3. The van der Waals surface area contributed by atoms with E-state index >= 15 is 0 Å². The Morgan fingerprint density at radius 1 is 1.03 bits per heavy atom. The molecule has 0 spiro atoms. The topological polar surface area (TPSA) is 89.8 Å². The average molecular weight is 421 g/mol. The van der Waals surface area contributed by atoms with Crippen molar-refractivity contribution in [1.82, 2.24) is 9.38 Å². The Bertz CT molecular complexity index is 1340. The molecule has 0 atom stereocenters. The van der Waals surface area contributed by atoms with Gasteiger partial charge < -0.3 is 9.14 Å². The number of nitrogens with zero attached hydrogens (tertiary/aromatic N) is 2. The summed E-state index contributed by atoms with van der Waals surface area (Å²) in [5, 5.41) is 0. The largest absolute Gasteiger partial charge is 0.465 e. The number of rotatable bonds is 5. The number of fused-ring (bicyclic) bond motifs is 1. The van der Waals surface area contributed by atoms with Crippen LogP contribution < -0.4 is 4.72 Å². The molecule has 152 valence electrons. The van der Waals surface area contributed by atoms with Crippen molar-refractivity contribution in [2.75, 3.05) is 11.8 Å². The predicted molar refractivity (Wildman–Crippen MR) is 114 cm³/mol. The number of pyridine rings is 1. The number of aryl methyl sites for hydroxylation is 1. The maximum Gasteiger partial charge on any atom is 0.337 e. The Labute approximate surface area is 174 Å². The van der Waals surface area contributed by atoms with Crippen LogP contribution in [0.3, 0.4) is 0 Å². The minimum atomic E-state index is -3.87. The number of sulfonamides is 1. The monoisotopic (exact) mass is 421 g/mol. The van der Waals surface area contributed by atoms with Crippen molar-refractivity contribution in [2.45, 2.75) is 11.8 Å². The average Bonchev–Trinajstić information content (AvgIpc) is 3.19. The van der Waals surface area contributed by atoms with E-state index in [1.807, 2.05) is 48.0 Å². The number of imidazole rings is 1. The molecular formula is C22H19N3O4S. The van der Waals surface area contributed by atoms with Crippen molar-refractivity contribution in [3.05, 3.63) is 84.2 Å². The summed E-state index contributed by atoms with van der Waals surface area (Å²) in [6.07, 6.45) is 3.76. The summed E-state index contributed by atoms with van der Waals surface area (Å²) in [4.78, 5) is 16.3. The first-order valence-electron chi connectivity index (χ1n) is 9.14. The van der Waals surface area contributed by atoms with E-state index in [0.29, 0.717) is 16.9 Å². The first-order valence-corrected chi connectivity index (χ1v) is 10.6. The summed E-state index contributed by atoms with van der Waals surface area (Å²) < 4.78 is 35.0. The molecule has 0 saturated carbocycles. The highest BCUT2D eigenvalue weighted by molar-refractivity contribution is 7.92. The van der Waals surface area contributed by atoms with E-state index in [1.54, 1.807) is 12.1 Å². The van der Waals surface area contributed by atoms with Crippen LogP contribution in [0.4, 0.5) is 5.69 Å². The van der Waals surface area contributed by atoms with Crippen molar-refractivity contribution in [3.63, 3.8) is 0 Å². The number of carbonyl (C=O) groups excluding carboxylic acids is 1. The second kappa shape index (κ2) is 7.64. The number of aromatic nitrogens is 2. The summed E-state index contributed by atoms with van der Waals surface area (Å²) >= 11 is 0. The molecule has 0 fully saturated rings. The quantitative estimate of drug-likeness (QED) is 0.494. The van der Waals surface area contributed by atoms with Crippen molar-refractivity contribution in [3.8, 4) is 11.3 Å². The first-order chi connectivity index (χ1) is 14.4. The lowest BCUT2D eigenvalue weighted by Crippen LogP contribution is -2.14. The van der Waals surface area contributed by atoms with E-state index in [9.17, 15) is 13.2 Å². The Balaban J connectivity index is 1.70. The molecule has 0 aliphatic rings. The molecule has 0 amide bonds. The summed E-state index contributed by atoms with van der Waals surface area (Å²) in [6, 6.07) is 16.5. The predicted octanol–water partition coefficient (Wildman–Crippen LogP) is 3.90. The Hall–Kier alpha value is -3.65. The molecule has 0 aliphatic carbocycles. The molecule has 7 nitrogen and oxygen atoms in total. The Kier molecular flexibility index (Phi) is 5.01. The molecule has 0 saturated heterocycles. The van der Waals surface area contributed by atoms with Crippen LogP contribution >= 0.6 is 0 Å². The molecule has 0 unspecified atom stereocenters. The van der Waals surface area contributed by atoms with E-state index in [-0.39, 0.29) is 10.5 Å². The molecule has 0 radical (unpaired) electrons. The van der Waals surface area contributed by atoms with Crippen molar-refractivity contribution in [1.29, 1.82) is 0 Å². The summed E-state index contributed by atoms with van der Waals surface area (Å²) in [5.41, 5.74) is 3.84. The van der Waals surface area contributed by atoms with Crippen LogP contribution in [0.1, 0.15) is 15.9 Å². The zero-order valence-electron chi connectivity index (χ0n) is 16.4. The van der Waals surface area contributed by atoms with Gasteiger partial charge >= 0.3 is 5.97 Å². The van der Waals surface area contributed by atoms with Gasteiger partial charge in [-0.25, -0.2) is 18.2 Å². The second-order valence-electron chi connectivity index (χ2n) is 6.72. The van der Waals surface area contributed by atoms with Crippen LogP contribution in [-0.2, 0) is 14.8 Å². The highest BCUT2D eigenvalue weighted by Crippen LogP contribution is 2.29. The number of benzene rings is 2. The maximum atomic E-state index is 12.9.